The highest BCUT2D eigenvalue weighted by atomic mass is 79.9. The smallest absolute Gasteiger partial charge is 0.311 e. The Kier molecular flexibility index (Phi) is 6.59. The van der Waals surface area contributed by atoms with E-state index in [4.69, 9.17) is 16.3 Å². The molecule has 0 aromatic heterocycles. The minimum absolute atomic E-state index is 0.0656. The van der Waals surface area contributed by atoms with Crippen LogP contribution in [0.15, 0.2) is 40.9 Å². The molecule has 0 bridgehead atoms. The molecular formula is C21H20BrClN2O4. The Labute approximate surface area is 182 Å². The summed E-state index contributed by atoms with van der Waals surface area (Å²) in [6, 6.07) is 10.8. The van der Waals surface area contributed by atoms with Crippen molar-refractivity contribution in [1.82, 2.24) is 0 Å². The van der Waals surface area contributed by atoms with Crippen LogP contribution in [0.1, 0.15) is 17.5 Å². The monoisotopic (exact) mass is 478 g/mol. The molecule has 1 saturated heterocycles. The van der Waals surface area contributed by atoms with E-state index in [0.717, 1.165) is 16.8 Å². The molecule has 29 heavy (non-hydrogen) atoms. The van der Waals surface area contributed by atoms with Crippen LogP contribution in [-0.4, -0.2) is 30.9 Å². The Balaban J connectivity index is 1.55. The zero-order valence-electron chi connectivity index (χ0n) is 16.0. The summed E-state index contributed by atoms with van der Waals surface area (Å²) < 4.78 is 5.83. The number of ether oxygens (including phenoxy) is 1. The summed E-state index contributed by atoms with van der Waals surface area (Å²) in [5.41, 5.74) is 3.36. The van der Waals surface area contributed by atoms with Crippen molar-refractivity contribution >= 4 is 56.7 Å². The number of hydrogen-bond acceptors (Lipinski definition) is 4. The number of aryl methyl sites for hydroxylation is 2. The third-order valence-corrected chi connectivity index (χ3v) is 5.88. The van der Waals surface area contributed by atoms with Crippen molar-refractivity contribution in [3.8, 4) is 0 Å². The predicted molar refractivity (Wildman–Crippen MR) is 115 cm³/mol. The van der Waals surface area contributed by atoms with Crippen molar-refractivity contribution in [2.24, 2.45) is 5.92 Å². The van der Waals surface area contributed by atoms with Crippen molar-refractivity contribution in [1.29, 1.82) is 0 Å². The highest BCUT2D eigenvalue weighted by molar-refractivity contribution is 9.10. The van der Waals surface area contributed by atoms with Crippen LogP contribution in [0.2, 0.25) is 5.02 Å². The average molecular weight is 480 g/mol. The summed E-state index contributed by atoms with van der Waals surface area (Å²) in [7, 11) is 0. The number of esters is 1. The van der Waals surface area contributed by atoms with E-state index in [0.29, 0.717) is 15.2 Å². The van der Waals surface area contributed by atoms with Crippen LogP contribution in [-0.2, 0) is 19.1 Å². The minimum atomic E-state index is -0.599. The summed E-state index contributed by atoms with van der Waals surface area (Å²) in [6.07, 6.45) is 0.0656. The van der Waals surface area contributed by atoms with E-state index in [2.05, 4.69) is 21.2 Å². The number of anilines is 2. The van der Waals surface area contributed by atoms with Gasteiger partial charge in [-0.05, 0) is 59.6 Å². The van der Waals surface area contributed by atoms with Crippen LogP contribution < -0.4 is 10.2 Å². The number of carbonyl (C=O) groups excluding carboxylic acids is 3. The SMILES string of the molecule is Cc1ccc(N2C[C@H](C(=O)OCC(=O)Nc3ccc(Br)c(Cl)c3)CC2=O)c(C)c1. The number of amides is 2. The van der Waals surface area contributed by atoms with E-state index >= 15 is 0 Å². The molecule has 2 aromatic carbocycles. The Morgan fingerprint density at radius 2 is 2.00 bits per heavy atom. The van der Waals surface area contributed by atoms with Crippen molar-refractivity contribution in [3.63, 3.8) is 0 Å². The fourth-order valence-electron chi connectivity index (χ4n) is 3.23. The maximum Gasteiger partial charge on any atom is 0.311 e. The molecule has 3 rings (SSSR count). The van der Waals surface area contributed by atoms with Crippen molar-refractivity contribution in [3.05, 3.63) is 57.0 Å². The second-order valence-corrected chi connectivity index (χ2v) is 8.24. The van der Waals surface area contributed by atoms with Crippen molar-refractivity contribution in [2.75, 3.05) is 23.4 Å². The first-order chi connectivity index (χ1) is 13.7. The molecule has 1 fully saturated rings. The largest absolute Gasteiger partial charge is 0.455 e. The molecule has 1 atom stereocenters. The summed E-state index contributed by atoms with van der Waals surface area (Å²) in [5, 5.41) is 3.07. The molecule has 8 heteroatoms. The number of nitrogens with one attached hydrogen (secondary N) is 1. The summed E-state index contributed by atoms with van der Waals surface area (Å²) in [6.45, 7) is 3.72. The third kappa shape index (κ3) is 5.16. The van der Waals surface area contributed by atoms with Gasteiger partial charge in [-0.1, -0.05) is 29.3 Å². The van der Waals surface area contributed by atoms with E-state index in [1.165, 1.54) is 0 Å². The highest BCUT2D eigenvalue weighted by Crippen LogP contribution is 2.29. The lowest BCUT2D eigenvalue weighted by Gasteiger charge is -2.19. The van der Waals surface area contributed by atoms with Crippen LogP contribution in [0.4, 0.5) is 11.4 Å². The molecule has 0 aliphatic carbocycles. The molecule has 0 unspecified atom stereocenters. The molecule has 0 spiro atoms. The van der Waals surface area contributed by atoms with Crippen molar-refractivity contribution < 1.29 is 19.1 Å². The van der Waals surface area contributed by atoms with E-state index < -0.39 is 24.4 Å². The first-order valence-electron chi connectivity index (χ1n) is 9.03. The molecule has 2 amide bonds. The summed E-state index contributed by atoms with van der Waals surface area (Å²) in [5.74, 6) is -1.77. The standard InChI is InChI=1S/C21H20BrClN2O4/c1-12-3-6-18(13(2)7-12)25-10-14(8-20(25)27)21(28)29-11-19(26)24-15-4-5-16(22)17(23)9-15/h3-7,9,14H,8,10-11H2,1-2H3,(H,24,26)/t14-/m1/s1. The van der Waals surface area contributed by atoms with E-state index in [-0.39, 0.29) is 18.9 Å². The molecule has 6 nitrogen and oxygen atoms in total. The first-order valence-corrected chi connectivity index (χ1v) is 10.2. The topological polar surface area (TPSA) is 75.7 Å². The van der Waals surface area contributed by atoms with E-state index in [1.54, 1.807) is 23.1 Å². The molecule has 2 aromatic rings. The van der Waals surface area contributed by atoms with E-state index in [9.17, 15) is 14.4 Å². The quantitative estimate of drug-likeness (QED) is 0.651. The lowest BCUT2D eigenvalue weighted by Crippen LogP contribution is -2.28. The van der Waals surface area contributed by atoms with Gasteiger partial charge in [0.1, 0.15) is 0 Å². The molecule has 1 heterocycles. The lowest BCUT2D eigenvalue weighted by atomic mass is 10.1. The van der Waals surface area contributed by atoms with Gasteiger partial charge in [0.25, 0.3) is 5.91 Å². The zero-order valence-corrected chi connectivity index (χ0v) is 18.3. The number of carbonyl (C=O) groups is 3. The Morgan fingerprint density at radius 3 is 2.69 bits per heavy atom. The number of hydrogen-bond donors (Lipinski definition) is 1. The molecule has 0 radical (unpaired) electrons. The third-order valence-electron chi connectivity index (χ3n) is 4.65. The van der Waals surface area contributed by atoms with Crippen molar-refractivity contribution in [2.45, 2.75) is 20.3 Å². The van der Waals surface area contributed by atoms with Gasteiger partial charge in [-0.15, -0.1) is 0 Å². The van der Waals surface area contributed by atoms with Gasteiger partial charge in [0.05, 0.1) is 10.9 Å². The van der Waals surface area contributed by atoms with Gasteiger partial charge in [-0.25, -0.2) is 0 Å². The highest BCUT2D eigenvalue weighted by Gasteiger charge is 2.36. The normalized spacial score (nSPS) is 16.1. The van der Waals surface area contributed by atoms with Crippen LogP contribution in [0.25, 0.3) is 0 Å². The molecular weight excluding hydrogens is 460 g/mol. The number of benzene rings is 2. The average Bonchev–Trinajstić information content (AvgIpc) is 3.04. The van der Waals surface area contributed by atoms with Crippen LogP contribution in [0.3, 0.4) is 0 Å². The molecule has 152 valence electrons. The van der Waals surface area contributed by atoms with Crippen LogP contribution in [0, 0.1) is 19.8 Å². The van der Waals surface area contributed by atoms with Gasteiger partial charge < -0.3 is 15.0 Å². The minimum Gasteiger partial charge on any atom is -0.455 e. The fraction of sp³-hybridized carbons (Fsp3) is 0.286. The molecule has 1 aliphatic heterocycles. The maximum atomic E-state index is 12.4. The van der Waals surface area contributed by atoms with Gasteiger partial charge in [-0.3, -0.25) is 14.4 Å². The molecule has 1 N–H and O–H groups in total. The number of rotatable bonds is 5. The number of halogens is 2. The second-order valence-electron chi connectivity index (χ2n) is 6.98. The Hall–Kier alpha value is -2.38. The lowest BCUT2D eigenvalue weighted by molar-refractivity contribution is -0.151. The first kappa shape index (κ1) is 21.3. The van der Waals surface area contributed by atoms with Gasteiger partial charge in [0, 0.05) is 28.8 Å². The van der Waals surface area contributed by atoms with E-state index in [1.807, 2.05) is 32.0 Å². The fourth-order valence-corrected chi connectivity index (χ4v) is 3.66. The second kappa shape index (κ2) is 8.97. The summed E-state index contributed by atoms with van der Waals surface area (Å²) >= 11 is 9.26. The Bertz CT molecular complexity index is 979. The van der Waals surface area contributed by atoms with Gasteiger partial charge in [0.15, 0.2) is 6.61 Å². The zero-order chi connectivity index (χ0) is 21.1. The summed E-state index contributed by atoms with van der Waals surface area (Å²) in [4.78, 5) is 38.4. The van der Waals surface area contributed by atoms with Gasteiger partial charge in [-0.2, -0.15) is 0 Å². The van der Waals surface area contributed by atoms with Gasteiger partial charge >= 0.3 is 5.97 Å². The predicted octanol–water partition coefficient (Wildman–Crippen LogP) is 4.25. The van der Waals surface area contributed by atoms with Crippen LogP contribution >= 0.6 is 27.5 Å². The molecule has 1 aliphatic rings. The van der Waals surface area contributed by atoms with Crippen LogP contribution in [0.5, 0.6) is 0 Å². The number of nitrogens with zero attached hydrogens (tertiary/aromatic N) is 1. The maximum absolute atomic E-state index is 12.4. The Morgan fingerprint density at radius 1 is 1.24 bits per heavy atom. The van der Waals surface area contributed by atoms with Gasteiger partial charge in [0.2, 0.25) is 5.91 Å². The molecule has 0 saturated carbocycles.